The van der Waals surface area contributed by atoms with Crippen LogP contribution in [0, 0.1) is 13.8 Å². The van der Waals surface area contributed by atoms with Gasteiger partial charge in [-0.1, -0.05) is 50.2 Å². The van der Waals surface area contributed by atoms with Gasteiger partial charge in [0.15, 0.2) is 10.6 Å². The van der Waals surface area contributed by atoms with E-state index in [0.29, 0.717) is 22.2 Å². The molecule has 2 aromatic heterocycles. The summed E-state index contributed by atoms with van der Waals surface area (Å²) in [4.78, 5) is 22.1. The minimum atomic E-state index is -4.76. The van der Waals surface area contributed by atoms with E-state index in [1.165, 1.54) is 57.7 Å². The molecule has 0 aliphatic carbocycles. The molecule has 0 bridgehead atoms. The molecule has 0 unspecified atom stereocenters. The summed E-state index contributed by atoms with van der Waals surface area (Å²) < 4.78 is 44.7. The summed E-state index contributed by atoms with van der Waals surface area (Å²) >= 11 is 1.41. The molecule has 45 heavy (non-hydrogen) atoms. The van der Waals surface area contributed by atoms with Crippen LogP contribution in [0.4, 0.5) is 18.0 Å². The first-order chi connectivity index (χ1) is 21.4. The molecule has 5 rings (SSSR count). The largest absolute Gasteiger partial charge is 0.573 e. The number of benzene rings is 3. The van der Waals surface area contributed by atoms with E-state index >= 15 is 0 Å². The molecule has 0 saturated heterocycles. The number of allylic oxidation sites excluding steroid dienone is 1. The predicted octanol–water partition coefficient (Wildman–Crippen LogP) is 8.10. The van der Waals surface area contributed by atoms with E-state index in [2.05, 4.69) is 58.0 Å². The molecule has 3 aromatic carbocycles. The van der Waals surface area contributed by atoms with Crippen LogP contribution in [0.15, 0.2) is 89.6 Å². The van der Waals surface area contributed by atoms with Crippen LogP contribution >= 0.6 is 11.3 Å². The normalized spacial score (nSPS) is 12.6. The highest BCUT2D eigenvalue weighted by atomic mass is 32.1. The quantitative estimate of drug-likeness (QED) is 0.197. The van der Waals surface area contributed by atoms with Crippen LogP contribution in [0.5, 0.6) is 5.75 Å². The van der Waals surface area contributed by atoms with Crippen molar-refractivity contribution in [3.63, 3.8) is 0 Å². The average molecular weight is 633 g/mol. The molecule has 0 aliphatic rings. The van der Waals surface area contributed by atoms with E-state index in [-0.39, 0.29) is 5.75 Å². The Hall–Kier alpha value is -4.97. The summed E-state index contributed by atoms with van der Waals surface area (Å²) in [6, 6.07) is 18.5. The standard InChI is InChI=1S/C33H31F3N6O2S/c1-20(2)29-21(3)7-6-8-28(29)42-23(5)18-45-32(42)39-31(43)37-17-22(4)24-9-11-25(12-10-24)30-38-19-41(40-30)26-13-15-27(16-14-26)44-33(34,35)36/h6-20H,1-5H3,(H,37,43)/b22-17+,39-32?. The number of urea groups is 1. The zero-order chi connectivity index (χ0) is 32.3. The lowest BCUT2D eigenvalue weighted by molar-refractivity contribution is -0.274. The van der Waals surface area contributed by atoms with E-state index in [1.807, 2.05) is 54.1 Å². The van der Waals surface area contributed by atoms with Crippen molar-refractivity contribution in [1.82, 2.24) is 24.6 Å². The van der Waals surface area contributed by atoms with Crippen molar-refractivity contribution >= 4 is 22.9 Å². The van der Waals surface area contributed by atoms with Gasteiger partial charge in [0.1, 0.15) is 12.1 Å². The fourth-order valence-corrected chi connectivity index (χ4v) is 5.81. The van der Waals surface area contributed by atoms with Gasteiger partial charge in [-0.05, 0) is 79.3 Å². The second-order valence-electron chi connectivity index (χ2n) is 10.7. The minimum Gasteiger partial charge on any atom is -0.406 e. The van der Waals surface area contributed by atoms with E-state index in [4.69, 9.17) is 0 Å². The Bertz CT molecular complexity index is 1920. The second-order valence-corrected chi connectivity index (χ2v) is 11.5. The summed E-state index contributed by atoms with van der Waals surface area (Å²) in [6.07, 6.45) is -1.65. The third-order valence-electron chi connectivity index (χ3n) is 7.03. The molecule has 232 valence electrons. The number of alkyl halides is 3. The minimum absolute atomic E-state index is 0.306. The zero-order valence-electron chi connectivity index (χ0n) is 25.3. The van der Waals surface area contributed by atoms with Crippen molar-refractivity contribution in [2.45, 2.75) is 46.9 Å². The fourth-order valence-electron chi connectivity index (χ4n) is 4.95. The lowest BCUT2D eigenvalue weighted by atomic mass is 9.96. The first-order valence-electron chi connectivity index (χ1n) is 14.1. The van der Waals surface area contributed by atoms with Crippen LogP contribution in [0.25, 0.3) is 28.3 Å². The molecule has 0 atom stereocenters. The van der Waals surface area contributed by atoms with Gasteiger partial charge in [0, 0.05) is 22.8 Å². The van der Waals surface area contributed by atoms with Crippen LogP contribution in [0.2, 0.25) is 0 Å². The number of hydrogen-bond acceptors (Lipinski definition) is 5. The monoisotopic (exact) mass is 632 g/mol. The lowest BCUT2D eigenvalue weighted by Crippen LogP contribution is -2.22. The van der Waals surface area contributed by atoms with Crippen molar-refractivity contribution in [3.05, 3.63) is 112 Å². The average Bonchev–Trinajstić information content (AvgIpc) is 3.62. The Labute approximate surface area is 262 Å². The maximum Gasteiger partial charge on any atom is 0.573 e. The lowest BCUT2D eigenvalue weighted by Gasteiger charge is -2.17. The van der Waals surface area contributed by atoms with Crippen molar-refractivity contribution < 1.29 is 22.7 Å². The number of nitrogens with one attached hydrogen (secondary N) is 1. The molecule has 0 saturated carbocycles. The predicted molar refractivity (Wildman–Crippen MR) is 168 cm³/mol. The van der Waals surface area contributed by atoms with Gasteiger partial charge in [-0.15, -0.1) is 29.6 Å². The van der Waals surface area contributed by atoms with Gasteiger partial charge in [-0.2, -0.15) is 4.99 Å². The SMILES string of the molecule is C/C(=C\NC(=O)N=c1scc(C)n1-c1cccc(C)c1C(C)C)c1ccc(-c2ncn(-c3ccc(OC(F)(F)F)cc3)n2)cc1. The number of aryl methyl sites for hydroxylation is 2. The molecule has 8 nitrogen and oxygen atoms in total. The molecular formula is C33H31F3N6O2S. The van der Waals surface area contributed by atoms with Crippen LogP contribution in [0.3, 0.4) is 0 Å². The van der Waals surface area contributed by atoms with Crippen LogP contribution in [-0.4, -0.2) is 31.7 Å². The Balaban J connectivity index is 1.28. The number of aromatic nitrogens is 4. The number of halogens is 3. The number of hydrogen-bond donors (Lipinski definition) is 1. The van der Waals surface area contributed by atoms with Crippen LogP contribution in [0.1, 0.15) is 49.1 Å². The van der Waals surface area contributed by atoms with Gasteiger partial charge < -0.3 is 10.1 Å². The van der Waals surface area contributed by atoms with Crippen molar-refractivity contribution in [1.29, 1.82) is 0 Å². The molecule has 0 fully saturated rings. The Morgan fingerprint density at radius 3 is 2.42 bits per heavy atom. The summed E-state index contributed by atoms with van der Waals surface area (Å²) in [5.74, 6) is 0.434. The first kappa shape index (κ1) is 31.5. The first-order valence-corrected chi connectivity index (χ1v) is 15.0. The smallest absolute Gasteiger partial charge is 0.406 e. The van der Waals surface area contributed by atoms with Gasteiger partial charge in [0.05, 0.1) is 11.4 Å². The molecule has 1 N–H and O–H groups in total. The summed E-state index contributed by atoms with van der Waals surface area (Å²) in [7, 11) is 0. The maximum atomic E-state index is 12.9. The molecular weight excluding hydrogens is 601 g/mol. The third kappa shape index (κ3) is 7.40. The van der Waals surface area contributed by atoms with E-state index in [0.717, 1.165) is 28.1 Å². The molecule has 0 aliphatic heterocycles. The third-order valence-corrected chi connectivity index (χ3v) is 7.98. The number of carbonyl (C=O) groups is 1. The molecule has 5 aromatic rings. The number of ether oxygens (including phenoxy) is 1. The maximum absolute atomic E-state index is 12.9. The number of carbonyl (C=O) groups excluding carboxylic acids is 1. The Kier molecular flexibility index (Phi) is 9.05. The Morgan fingerprint density at radius 1 is 1.04 bits per heavy atom. The van der Waals surface area contributed by atoms with Crippen molar-refractivity contribution in [2.24, 2.45) is 4.99 Å². The molecule has 12 heteroatoms. The van der Waals surface area contributed by atoms with Crippen molar-refractivity contribution in [3.8, 4) is 28.5 Å². The van der Waals surface area contributed by atoms with Gasteiger partial charge >= 0.3 is 12.4 Å². The number of rotatable bonds is 7. The summed E-state index contributed by atoms with van der Waals surface area (Å²) in [6.45, 7) is 10.3. The van der Waals surface area contributed by atoms with E-state index in [1.54, 1.807) is 6.20 Å². The fraction of sp³-hybridized carbons (Fsp3) is 0.212. The Morgan fingerprint density at radius 2 is 1.76 bits per heavy atom. The van der Waals surface area contributed by atoms with Gasteiger partial charge in [-0.3, -0.25) is 4.57 Å². The van der Waals surface area contributed by atoms with E-state index < -0.39 is 12.4 Å². The van der Waals surface area contributed by atoms with Gasteiger partial charge in [0.25, 0.3) is 0 Å². The molecule has 0 radical (unpaired) electrons. The molecule has 0 spiro atoms. The van der Waals surface area contributed by atoms with Crippen molar-refractivity contribution in [2.75, 3.05) is 0 Å². The number of thiazole rings is 1. The van der Waals surface area contributed by atoms with Gasteiger partial charge in [0.2, 0.25) is 0 Å². The van der Waals surface area contributed by atoms with Crippen LogP contribution < -0.4 is 14.9 Å². The topological polar surface area (TPSA) is 86.3 Å². The van der Waals surface area contributed by atoms with Crippen LogP contribution in [-0.2, 0) is 0 Å². The number of nitrogens with zero attached hydrogens (tertiary/aromatic N) is 5. The number of amides is 2. The molecule has 2 heterocycles. The summed E-state index contributed by atoms with van der Waals surface area (Å²) in [5.41, 5.74) is 7.41. The highest BCUT2D eigenvalue weighted by Gasteiger charge is 2.31. The van der Waals surface area contributed by atoms with Gasteiger partial charge in [-0.25, -0.2) is 14.5 Å². The summed E-state index contributed by atoms with van der Waals surface area (Å²) in [5, 5.41) is 9.20. The zero-order valence-corrected chi connectivity index (χ0v) is 26.1. The molecule has 2 amide bonds. The highest BCUT2D eigenvalue weighted by molar-refractivity contribution is 7.07. The highest BCUT2D eigenvalue weighted by Crippen LogP contribution is 2.27. The van der Waals surface area contributed by atoms with E-state index in [9.17, 15) is 18.0 Å². The second kappa shape index (κ2) is 12.9.